The number of anilines is 1. The van der Waals surface area contributed by atoms with Crippen LogP contribution in [0.5, 0.6) is 5.75 Å². The third kappa shape index (κ3) is 9.93. The fraction of sp³-hybridized carbons (Fsp3) is 0.737. The first-order valence-corrected chi connectivity index (χ1v) is 19.5. The molecule has 1 aromatic rings. The molecule has 4 heterocycles. The van der Waals surface area contributed by atoms with Crippen LogP contribution in [-0.2, 0) is 10.8 Å². The molecule has 1 aromatic carbocycles. The number of methoxy groups -OCH3 is 1. The van der Waals surface area contributed by atoms with Gasteiger partial charge in [-0.05, 0) is 54.9 Å². The van der Waals surface area contributed by atoms with E-state index >= 15 is 0 Å². The fourth-order valence-electron chi connectivity index (χ4n) is 7.82. The van der Waals surface area contributed by atoms with E-state index in [2.05, 4.69) is 35.9 Å². The van der Waals surface area contributed by atoms with E-state index in [1.807, 2.05) is 18.2 Å². The van der Waals surface area contributed by atoms with Gasteiger partial charge in [0.25, 0.3) is 0 Å². The van der Waals surface area contributed by atoms with Crippen molar-refractivity contribution in [1.82, 2.24) is 4.90 Å². The molecule has 3 unspecified atom stereocenters. The third-order valence-electron chi connectivity index (χ3n) is 10.5. The van der Waals surface area contributed by atoms with Crippen molar-refractivity contribution in [2.24, 2.45) is 11.8 Å². The second-order valence-electron chi connectivity index (χ2n) is 13.6. The Bertz CT molecular complexity index is 1060. The lowest BCUT2D eigenvalue weighted by Gasteiger charge is -2.54. The predicted octanol–water partition coefficient (Wildman–Crippen LogP) is 9.10. The fourth-order valence-corrected chi connectivity index (χ4v) is 9.59. The normalized spacial score (nSPS) is 25.5. The Labute approximate surface area is 271 Å². The highest BCUT2D eigenvalue weighted by Gasteiger charge is 2.49. The average molecular weight is 627 g/mol. The second kappa shape index (κ2) is 19.1. The number of rotatable bonds is 22. The number of nitrogens with zero attached hydrogens (tertiary/aromatic N) is 1. The molecule has 0 amide bonds. The van der Waals surface area contributed by atoms with Gasteiger partial charge in [-0.2, -0.15) is 0 Å². The van der Waals surface area contributed by atoms with Crippen molar-refractivity contribution in [1.29, 1.82) is 0 Å². The molecule has 0 radical (unpaired) electrons. The Morgan fingerprint density at radius 1 is 0.977 bits per heavy atom. The summed E-state index contributed by atoms with van der Waals surface area (Å²) in [6.07, 6.45) is 27.1. The van der Waals surface area contributed by atoms with Crippen LogP contribution in [-0.4, -0.2) is 57.7 Å². The van der Waals surface area contributed by atoms with Gasteiger partial charge in [0.05, 0.1) is 18.6 Å². The summed E-state index contributed by atoms with van der Waals surface area (Å²) >= 11 is 0. The Kier molecular flexibility index (Phi) is 15.3. The third-order valence-corrected chi connectivity index (χ3v) is 12.3. The van der Waals surface area contributed by atoms with Gasteiger partial charge in [0.2, 0.25) is 0 Å². The van der Waals surface area contributed by atoms with Crippen LogP contribution in [0, 0.1) is 11.8 Å². The summed E-state index contributed by atoms with van der Waals surface area (Å²) in [6.45, 7) is 7.94. The smallest absolute Gasteiger partial charge is 0.119 e. The van der Waals surface area contributed by atoms with Crippen LogP contribution in [0.4, 0.5) is 5.69 Å². The molecule has 0 saturated carbocycles. The molecule has 3 saturated heterocycles. The summed E-state index contributed by atoms with van der Waals surface area (Å²) in [7, 11) is 0.775. The number of aliphatic hydroxyl groups excluding tert-OH is 1. The zero-order valence-corrected chi connectivity index (χ0v) is 28.8. The van der Waals surface area contributed by atoms with Crippen molar-refractivity contribution in [3.63, 3.8) is 0 Å². The standard InChI is InChI=1S/C38H62N2O3S/c1-4-6-7-8-9-10-11-12-13-14-15-16-17-18-19-20-25-44(42)37-27-31-26-36(40(37)29-30(31)5-2)38(41)33-23-24-39-35-22-21-32(43-3)28-34(33)35/h5,21-23,28,30-31,36-39,41H,2,4,6-20,24-27,29H2,1,3H3/t30-,31-,36+,37?,38-,44?/m0/s1. The molecule has 4 aliphatic rings. The summed E-state index contributed by atoms with van der Waals surface area (Å²) < 4.78 is 19.2. The molecule has 2 bridgehead atoms. The molecule has 2 N–H and O–H groups in total. The largest absolute Gasteiger partial charge is 0.497 e. The maximum atomic E-state index is 13.7. The van der Waals surface area contributed by atoms with Crippen LogP contribution >= 0.6 is 0 Å². The van der Waals surface area contributed by atoms with E-state index < -0.39 is 16.9 Å². The predicted molar refractivity (Wildman–Crippen MR) is 189 cm³/mol. The molecule has 5 rings (SSSR count). The summed E-state index contributed by atoms with van der Waals surface area (Å²) in [5.74, 6) is 2.42. The summed E-state index contributed by atoms with van der Waals surface area (Å²) in [5, 5.41) is 15.3. The van der Waals surface area contributed by atoms with Crippen molar-refractivity contribution < 1.29 is 14.1 Å². The van der Waals surface area contributed by atoms with Gasteiger partial charge < -0.3 is 15.2 Å². The van der Waals surface area contributed by atoms with Crippen LogP contribution < -0.4 is 10.1 Å². The highest BCUT2D eigenvalue weighted by molar-refractivity contribution is 7.85. The summed E-state index contributed by atoms with van der Waals surface area (Å²) in [4.78, 5) is 2.39. The molecule has 3 fully saturated rings. The van der Waals surface area contributed by atoms with Gasteiger partial charge in [0, 0.05) is 46.9 Å². The molecule has 7 atom stereocenters. The van der Waals surface area contributed by atoms with Crippen LogP contribution in [0.15, 0.2) is 36.9 Å². The molecule has 0 aromatic heterocycles. The molecule has 248 valence electrons. The van der Waals surface area contributed by atoms with E-state index in [0.717, 1.165) is 54.1 Å². The zero-order valence-electron chi connectivity index (χ0n) is 27.9. The summed E-state index contributed by atoms with van der Waals surface area (Å²) in [6, 6.07) is 5.99. The zero-order chi connectivity index (χ0) is 31.1. The van der Waals surface area contributed by atoms with E-state index in [4.69, 9.17) is 4.74 Å². The number of hydrogen-bond donors (Lipinski definition) is 2. The molecule has 0 aliphatic carbocycles. The van der Waals surface area contributed by atoms with Crippen molar-refractivity contribution in [3.05, 3.63) is 42.5 Å². The maximum absolute atomic E-state index is 13.7. The Hall–Kier alpha value is -1.63. The lowest BCUT2D eigenvalue weighted by molar-refractivity contribution is -0.0378. The van der Waals surface area contributed by atoms with Gasteiger partial charge in [0.1, 0.15) is 5.75 Å². The first-order chi connectivity index (χ1) is 21.6. The van der Waals surface area contributed by atoms with E-state index in [1.165, 1.54) is 96.3 Å². The number of aliphatic hydroxyl groups is 1. The molecule has 6 heteroatoms. The molecular formula is C38H62N2O3S. The van der Waals surface area contributed by atoms with Crippen molar-refractivity contribution in [2.45, 2.75) is 140 Å². The minimum absolute atomic E-state index is 0.0203. The van der Waals surface area contributed by atoms with E-state index in [9.17, 15) is 9.32 Å². The Morgan fingerprint density at radius 2 is 1.59 bits per heavy atom. The average Bonchev–Trinajstić information content (AvgIpc) is 3.06. The summed E-state index contributed by atoms with van der Waals surface area (Å²) in [5.41, 5.74) is 3.01. The van der Waals surface area contributed by atoms with Crippen LogP contribution in [0.2, 0.25) is 0 Å². The van der Waals surface area contributed by atoms with Gasteiger partial charge in [-0.3, -0.25) is 9.11 Å². The molecule has 0 spiro atoms. The minimum Gasteiger partial charge on any atom is -0.497 e. The number of hydrogen-bond acceptors (Lipinski definition) is 5. The van der Waals surface area contributed by atoms with Gasteiger partial charge in [0.15, 0.2) is 0 Å². The number of piperidine rings is 3. The minimum atomic E-state index is -0.904. The SMILES string of the molecule is C=C[C@H]1CN2C(S(=O)CCCCCCCCCCCCCCCCCC)C[C@@H]1C[C@@H]2[C@@H](O)C1=CCNc2ccc(OC)cc21. The lowest BCUT2D eigenvalue weighted by atomic mass is 9.73. The van der Waals surface area contributed by atoms with E-state index in [0.29, 0.717) is 18.4 Å². The van der Waals surface area contributed by atoms with Gasteiger partial charge in [-0.15, -0.1) is 6.58 Å². The van der Waals surface area contributed by atoms with Crippen molar-refractivity contribution in [3.8, 4) is 5.75 Å². The maximum Gasteiger partial charge on any atom is 0.119 e. The number of benzene rings is 1. The Balaban J connectivity index is 1.16. The van der Waals surface area contributed by atoms with Crippen molar-refractivity contribution in [2.75, 3.05) is 31.3 Å². The number of fused-ring (bicyclic) bond motifs is 4. The molecule has 4 aliphatic heterocycles. The van der Waals surface area contributed by atoms with E-state index in [-0.39, 0.29) is 11.4 Å². The van der Waals surface area contributed by atoms with Crippen LogP contribution in [0.1, 0.15) is 128 Å². The number of unbranched alkanes of at least 4 members (excludes halogenated alkanes) is 15. The first kappa shape index (κ1) is 35.2. The number of ether oxygens (including phenoxy) is 1. The Morgan fingerprint density at radius 3 is 2.16 bits per heavy atom. The molecule has 44 heavy (non-hydrogen) atoms. The lowest BCUT2D eigenvalue weighted by Crippen LogP contribution is -2.62. The van der Waals surface area contributed by atoms with Crippen LogP contribution in [0.3, 0.4) is 0 Å². The van der Waals surface area contributed by atoms with Crippen LogP contribution in [0.25, 0.3) is 5.57 Å². The van der Waals surface area contributed by atoms with Crippen molar-refractivity contribution >= 4 is 22.1 Å². The number of nitrogens with one attached hydrogen (secondary N) is 1. The highest BCUT2D eigenvalue weighted by Crippen LogP contribution is 2.45. The monoisotopic (exact) mass is 626 g/mol. The highest BCUT2D eigenvalue weighted by atomic mass is 32.2. The van der Waals surface area contributed by atoms with Gasteiger partial charge >= 0.3 is 0 Å². The first-order valence-electron chi connectivity index (χ1n) is 18.1. The van der Waals surface area contributed by atoms with E-state index in [1.54, 1.807) is 7.11 Å². The molecule has 5 nitrogen and oxygen atoms in total. The van der Waals surface area contributed by atoms with Gasteiger partial charge in [-0.1, -0.05) is 115 Å². The second-order valence-corrected chi connectivity index (χ2v) is 15.3. The topological polar surface area (TPSA) is 61.8 Å². The quantitative estimate of drug-likeness (QED) is 0.0993. The molecular weight excluding hydrogens is 564 g/mol. The van der Waals surface area contributed by atoms with Gasteiger partial charge in [-0.25, -0.2) is 0 Å².